The second-order valence-corrected chi connectivity index (χ2v) is 2.99. The highest BCUT2D eigenvalue weighted by Crippen LogP contribution is 2.32. The number of amides is 2. The lowest BCUT2D eigenvalue weighted by Gasteiger charge is -2.11. The molecule has 0 aliphatic heterocycles. The second kappa shape index (κ2) is 3.84. The van der Waals surface area contributed by atoms with Crippen molar-refractivity contribution in [2.75, 3.05) is 0 Å². The van der Waals surface area contributed by atoms with Crippen LogP contribution in [0.5, 0.6) is 0 Å². The third-order valence-corrected chi connectivity index (χ3v) is 1.87. The van der Waals surface area contributed by atoms with Gasteiger partial charge in [0.05, 0.1) is 11.1 Å². The minimum atomic E-state index is -4.77. The Balaban J connectivity index is 3.45. The largest absolute Gasteiger partial charge is 0.417 e. The predicted octanol–water partition coefficient (Wildman–Crippen LogP) is 0.903. The number of carbonyl (C=O) groups excluding carboxylic acids is 2. The maximum Gasteiger partial charge on any atom is 0.417 e. The average Bonchev–Trinajstić information content (AvgIpc) is 2.15. The Bertz CT molecular complexity index is 455. The zero-order valence-corrected chi connectivity index (χ0v) is 7.84. The lowest BCUT2D eigenvalue weighted by atomic mass is 10.0. The van der Waals surface area contributed by atoms with Gasteiger partial charge >= 0.3 is 6.18 Å². The minimum absolute atomic E-state index is 0.336. The van der Waals surface area contributed by atoms with E-state index in [2.05, 4.69) is 0 Å². The topological polar surface area (TPSA) is 86.2 Å². The summed E-state index contributed by atoms with van der Waals surface area (Å²) in [6.07, 6.45) is -4.77. The average molecular weight is 232 g/mol. The Morgan fingerprint density at radius 2 is 1.62 bits per heavy atom. The highest BCUT2D eigenvalue weighted by molar-refractivity contribution is 5.98. The summed E-state index contributed by atoms with van der Waals surface area (Å²) in [5, 5.41) is 0. The molecule has 0 bridgehead atoms. The third-order valence-electron chi connectivity index (χ3n) is 1.87. The molecule has 0 radical (unpaired) electrons. The van der Waals surface area contributed by atoms with Crippen molar-refractivity contribution in [1.29, 1.82) is 0 Å². The van der Waals surface area contributed by atoms with Crippen LogP contribution in [0.3, 0.4) is 0 Å². The van der Waals surface area contributed by atoms with Crippen LogP contribution in [0.15, 0.2) is 18.2 Å². The van der Waals surface area contributed by atoms with Crippen LogP contribution in [0.2, 0.25) is 0 Å². The second-order valence-electron chi connectivity index (χ2n) is 2.99. The summed E-state index contributed by atoms with van der Waals surface area (Å²) in [6.45, 7) is 0. The summed E-state index contributed by atoms with van der Waals surface area (Å²) in [5.74, 6) is -2.23. The van der Waals surface area contributed by atoms with Gasteiger partial charge in [-0.15, -0.1) is 0 Å². The van der Waals surface area contributed by atoms with E-state index in [1.165, 1.54) is 0 Å². The molecule has 1 rings (SSSR count). The molecule has 0 spiro atoms. The van der Waals surface area contributed by atoms with Crippen LogP contribution in [0.1, 0.15) is 26.3 Å². The fraction of sp³-hybridized carbons (Fsp3) is 0.111. The van der Waals surface area contributed by atoms with Crippen molar-refractivity contribution in [2.45, 2.75) is 6.18 Å². The number of primary amides is 2. The van der Waals surface area contributed by atoms with Crippen LogP contribution in [-0.2, 0) is 6.18 Å². The van der Waals surface area contributed by atoms with Crippen molar-refractivity contribution < 1.29 is 22.8 Å². The molecule has 16 heavy (non-hydrogen) atoms. The van der Waals surface area contributed by atoms with Crippen molar-refractivity contribution in [3.05, 3.63) is 34.9 Å². The van der Waals surface area contributed by atoms with E-state index in [9.17, 15) is 22.8 Å². The van der Waals surface area contributed by atoms with Gasteiger partial charge in [-0.25, -0.2) is 0 Å². The molecule has 1 aromatic rings. The smallest absolute Gasteiger partial charge is 0.366 e. The normalized spacial score (nSPS) is 11.2. The number of hydrogen-bond donors (Lipinski definition) is 2. The number of halogens is 3. The van der Waals surface area contributed by atoms with Gasteiger partial charge in [0.2, 0.25) is 11.8 Å². The highest BCUT2D eigenvalue weighted by atomic mass is 19.4. The quantitative estimate of drug-likeness (QED) is 0.793. The molecule has 0 atom stereocenters. The molecule has 0 unspecified atom stereocenters. The first kappa shape index (κ1) is 12.0. The van der Waals surface area contributed by atoms with Gasteiger partial charge in [-0.2, -0.15) is 13.2 Å². The van der Waals surface area contributed by atoms with Crippen molar-refractivity contribution in [3.63, 3.8) is 0 Å². The zero-order chi connectivity index (χ0) is 12.5. The van der Waals surface area contributed by atoms with Gasteiger partial charge in [-0.3, -0.25) is 9.59 Å². The predicted molar refractivity (Wildman–Crippen MR) is 48.5 cm³/mol. The van der Waals surface area contributed by atoms with Gasteiger partial charge < -0.3 is 11.5 Å². The summed E-state index contributed by atoms with van der Waals surface area (Å²) in [5.41, 5.74) is 7.31. The highest BCUT2D eigenvalue weighted by Gasteiger charge is 2.35. The SMILES string of the molecule is NC(=O)c1ccc(C(N)=O)c(C(F)(F)F)c1. The Labute approximate surface area is 88.0 Å². The third kappa shape index (κ3) is 2.30. The van der Waals surface area contributed by atoms with E-state index in [-0.39, 0.29) is 5.56 Å². The Kier molecular flexibility index (Phi) is 2.88. The van der Waals surface area contributed by atoms with Crippen molar-refractivity contribution in [3.8, 4) is 0 Å². The molecule has 0 heterocycles. The van der Waals surface area contributed by atoms with E-state index < -0.39 is 29.1 Å². The van der Waals surface area contributed by atoms with E-state index >= 15 is 0 Å². The Morgan fingerprint density at radius 3 is 2.00 bits per heavy atom. The summed E-state index contributed by atoms with van der Waals surface area (Å²) in [4.78, 5) is 21.5. The number of nitrogens with two attached hydrogens (primary N) is 2. The van der Waals surface area contributed by atoms with Crippen molar-refractivity contribution >= 4 is 11.8 Å². The summed E-state index contributed by atoms with van der Waals surface area (Å²) in [7, 11) is 0. The lowest BCUT2D eigenvalue weighted by molar-refractivity contribution is -0.137. The fourth-order valence-electron chi connectivity index (χ4n) is 1.15. The standard InChI is InChI=1S/C9H7F3N2O2/c10-9(11,12)6-3-4(7(13)15)1-2-5(6)8(14)16/h1-3H,(H2,13,15)(H2,14,16). The zero-order valence-electron chi connectivity index (χ0n) is 7.84. The first-order chi connectivity index (χ1) is 7.23. The molecule has 2 amide bonds. The van der Waals surface area contributed by atoms with E-state index in [0.717, 1.165) is 12.1 Å². The van der Waals surface area contributed by atoms with Crippen LogP contribution in [-0.4, -0.2) is 11.8 Å². The van der Waals surface area contributed by atoms with Crippen LogP contribution in [0.25, 0.3) is 0 Å². The number of alkyl halides is 3. The first-order valence-electron chi connectivity index (χ1n) is 4.04. The fourth-order valence-corrected chi connectivity index (χ4v) is 1.15. The van der Waals surface area contributed by atoms with E-state index in [4.69, 9.17) is 11.5 Å². The monoisotopic (exact) mass is 232 g/mol. The molecule has 0 aromatic heterocycles. The van der Waals surface area contributed by atoms with Crippen LogP contribution >= 0.6 is 0 Å². The molecular weight excluding hydrogens is 225 g/mol. The van der Waals surface area contributed by atoms with Gasteiger partial charge in [0.15, 0.2) is 0 Å². The summed E-state index contributed by atoms with van der Waals surface area (Å²) < 4.78 is 37.5. The van der Waals surface area contributed by atoms with E-state index in [1.807, 2.05) is 0 Å². The molecule has 0 saturated carbocycles. The van der Waals surface area contributed by atoms with Gasteiger partial charge in [0.1, 0.15) is 0 Å². The molecular formula is C9H7F3N2O2. The lowest BCUT2D eigenvalue weighted by Crippen LogP contribution is -2.20. The molecule has 0 saturated heterocycles. The molecule has 86 valence electrons. The van der Waals surface area contributed by atoms with E-state index in [1.54, 1.807) is 0 Å². The minimum Gasteiger partial charge on any atom is -0.366 e. The van der Waals surface area contributed by atoms with Crippen LogP contribution in [0, 0.1) is 0 Å². The molecule has 7 heteroatoms. The maximum absolute atomic E-state index is 12.5. The van der Waals surface area contributed by atoms with Gasteiger partial charge in [-0.05, 0) is 18.2 Å². The molecule has 4 N–H and O–H groups in total. The summed E-state index contributed by atoms with van der Waals surface area (Å²) in [6, 6.07) is 2.34. The van der Waals surface area contributed by atoms with Gasteiger partial charge in [-0.1, -0.05) is 0 Å². The van der Waals surface area contributed by atoms with Gasteiger partial charge in [0.25, 0.3) is 0 Å². The van der Waals surface area contributed by atoms with Crippen molar-refractivity contribution in [2.24, 2.45) is 11.5 Å². The molecule has 0 aliphatic rings. The first-order valence-corrected chi connectivity index (χ1v) is 4.04. The summed E-state index contributed by atoms with van der Waals surface area (Å²) >= 11 is 0. The maximum atomic E-state index is 12.5. The number of benzene rings is 1. The molecule has 0 fully saturated rings. The molecule has 1 aromatic carbocycles. The van der Waals surface area contributed by atoms with Crippen molar-refractivity contribution in [1.82, 2.24) is 0 Å². The van der Waals surface area contributed by atoms with Gasteiger partial charge in [0, 0.05) is 5.56 Å². The molecule has 4 nitrogen and oxygen atoms in total. The number of hydrogen-bond acceptors (Lipinski definition) is 2. The molecule has 0 aliphatic carbocycles. The number of rotatable bonds is 2. The van der Waals surface area contributed by atoms with E-state index in [0.29, 0.717) is 6.07 Å². The number of carbonyl (C=O) groups is 2. The Hall–Kier alpha value is -2.05. The van der Waals surface area contributed by atoms with Crippen LogP contribution < -0.4 is 11.5 Å². The Morgan fingerprint density at radius 1 is 1.06 bits per heavy atom. The van der Waals surface area contributed by atoms with Crippen LogP contribution in [0.4, 0.5) is 13.2 Å².